The maximum Gasteiger partial charge on any atom is 0.248 e. The SMILES string of the molecule is COc1ccccc1N1C(=NC(=O)CC2CCCCC2)S[C@@H]2CS(=O)(=O)C[C@H]21. The molecule has 2 heterocycles. The first kappa shape index (κ1) is 19.8. The Labute approximate surface area is 170 Å². The summed E-state index contributed by atoms with van der Waals surface area (Å²) in [5.41, 5.74) is 0.770. The summed E-state index contributed by atoms with van der Waals surface area (Å²) in [7, 11) is -1.49. The first-order valence-electron chi connectivity index (χ1n) is 9.88. The number of ether oxygens (including phenoxy) is 1. The lowest BCUT2D eigenvalue weighted by Gasteiger charge is -2.26. The Bertz CT molecular complexity index is 878. The van der Waals surface area contributed by atoms with Gasteiger partial charge < -0.3 is 9.64 Å². The zero-order valence-corrected chi connectivity index (χ0v) is 17.7. The fraction of sp³-hybridized carbons (Fsp3) is 0.600. The molecule has 152 valence electrons. The predicted octanol–water partition coefficient (Wildman–Crippen LogP) is 3.27. The van der Waals surface area contributed by atoms with Crippen LogP contribution in [0.4, 0.5) is 5.69 Å². The Balaban J connectivity index is 1.62. The molecule has 28 heavy (non-hydrogen) atoms. The van der Waals surface area contributed by atoms with Crippen molar-refractivity contribution >= 4 is 38.4 Å². The molecular weight excluding hydrogens is 396 g/mol. The van der Waals surface area contributed by atoms with E-state index in [-0.39, 0.29) is 28.7 Å². The van der Waals surface area contributed by atoms with Gasteiger partial charge >= 0.3 is 0 Å². The number of aliphatic imine (C=N–C) groups is 1. The van der Waals surface area contributed by atoms with E-state index in [1.54, 1.807) is 7.11 Å². The number of anilines is 1. The van der Waals surface area contributed by atoms with Gasteiger partial charge in [-0.15, -0.1) is 0 Å². The monoisotopic (exact) mass is 422 g/mol. The third-order valence-corrected chi connectivity index (χ3v) is 9.03. The van der Waals surface area contributed by atoms with Crippen molar-refractivity contribution in [2.45, 2.75) is 49.8 Å². The minimum absolute atomic E-state index is 0.0819. The van der Waals surface area contributed by atoms with Gasteiger partial charge in [0.05, 0.1) is 30.3 Å². The van der Waals surface area contributed by atoms with E-state index in [1.165, 1.54) is 31.0 Å². The van der Waals surface area contributed by atoms with Crippen LogP contribution in [0, 0.1) is 5.92 Å². The molecule has 1 amide bonds. The summed E-state index contributed by atoms with van der Waals surface area (Å²) >= 11 is 1.42. The minimum atomic E-state index is -3.08. The fourth-order valence-corrected chi connectivity index (χ4v) is 8.39. The number of para-hydroxylation sites is 2. The first-order valence-corrected chi connectivity index (χ1v) is 12.6. The number of nitrogens with zero attached hydrogens (tertiary/aromatic N) is 2. The third kappa shape index (κ3) is 4.08. The maximum atomic E-state index is 12.7. The lowest BCUT2D eigenvalue weighted by Crippen LogP contribution is -2.38. The van der Waals surface area contributed by atoms with E-state index in [2.05, 4.69) is 4.99 Å². The summed E-state index contributed by atoms with van der Waals surface area (Å²) < 4.78 is 29.9. The summed E-state index contributed by atoms with van der Waals surface area (Å²) in [4.78, 5) is 19.0. The van der Waals surface area contributed by atoms with E-state index < -0.39 is 9.84 Å². The average molecular weight is 423 g/mol. The smallest absolute Gasteiger partial charge is 0.248 e. The fourth-order valence-electron chi connectivity index (χ4n) is 4.47. The number of carbonyl (C=O) groups excluding carboxylic acids is 1. The van der Waals surface area contributed by atoms with Crippen LogP contribution >= 0.6 is 11.8 Å². The third-order valence-electron chi connectivity index (χ3n) is 5.82. The Morgan fingerprint density at radius 1 is 1.21 bits per heavy atom. The van der Waals surface area contributed by atoms with Crippen LogP contribution in [0.15, 0.2) is 29.3 Å². The number of rotatable bonds is 4. The lowest BCUT2D eigenvalue weighted by molar-refractivity contribution is -0.118. The number of hydrogen-bond donors (Lipinski definition) is 0. The predicted molar refractivity (Wildman–Crippen MR) is 113 cm³/mol. The van der Waals surface area contributed by atoms with Gasteiger partial charge in [0.1, 0.15) is 5.75 Å². The Morgan fingerprint density at radius 3 is 2.71 bits per heavy atom. The van der Waals surface area contributed by atoms with Gasteiger partial charge in [0.15, 0.2) is 15.0 Å². The highest BCUT2D eigenvalue weighted by atomic mass is 32.2. The first-order chi connectivity index (χ1) is 13.5. The zero-order chi connectivity index (χ0) is 19.7. The standard InChI is InChI=1S/C20H26N2O4S2/c1-26-17-10-6-5-9-15(17)22-16-12-28(24,25)13-18(16)27-20(22)21-19(23)11-14-7-3-2-4-8-14/h5-6,9-10,14,16,18H,2-4,7-8,11-13H2,1H3/t16-,18-/m1/s1. The molecule has 6 nitrogen and oxygen atoms in total. The summed E-state index contributed by atoms with van der Waals surface area (Å²) in [5, 5.41) is 0.506. The Kier molecular flexibility index (Phi) is 5.69. The second kappa shape index (κ2) is 8.06. The van der Waals surface area contributed by atoms with Crippen molar-refractivity contribution in [1.82, 2.24) is 0 Å². The van der Waals surface area contributed by atoms with E-state index in [4.69, 9.17) is 4.74 Å². The number of thioether (sulfide) groups is 1. The summed E-state index contributed by atoms with van der Waals surface area (Å²) in [6.07, 6.45) is 6.33. The molecule has 0 N–H and O–H groups in total. The molecule has 3 fully saturated rings. The van der Waals surface area contributed by atoms with Crippen molar-refractivity contribution in [2.24, 2.45) is 10.9 Å². The molecule has 1 saturated carbocycles. The highest BCUT2D eigenvalue weighted by molar-refractivity contribution is 8.16. The molecule has 8 heteroatoms. The van der Waals surface area contributed by atoms with E-state index in [0.717, 1.165) is 18.5 Å². The number of methoxy groups -OCH3 is 1. The van der Waals surface area contributed by atoms with E-state index in [1.807, 2.05) is 29.2 Å². The molecule has 2 atom stereocenters. The van der Waals surface area contributed by atoms with Gasteiger partial charge in [-0.2, -0.15) is 4.99 Å². The maximum absolute atomic E-state index is 12.7. The van der Waals surface area contributed by atoms with Crippen LogP contribution in [0.2, 0.25) is 0 Å². The topological polar surface area (TPSA) is 76.0 Å². The van der Waals surface area contributed by atoms with Gasteiger partial charge in [-0.1, -0.05) is 43.2 Å². The molecular formula is C20H26N2O4S2. The number of hydrogen-bond acceptors (Lipinski definition) is 5. The molecule has 4 rings (SSSR count). The number of amides is 1. The van der Waals surface area contributed by atoms with Crippen molar-refractivity contribution in [2.75, 3.05) is 23.5 Å². The largest absolute Gasteiger partial charge is 0.495 e. The van der Waals surface area contributed by atoms with Crippen molar-refractivity contribution in [3.63, 3.8) is 0 Å². The quantitative estimate of drug-likeness (QED) is 0.741. The van der Waals surface area contributed by atoms with Crippen molar-refractivity contribution in [1.29, 1.82) is 0 Å². The van der Waals surface area contributed by atoms with Gasteiger partial charge in [-0.25, -0.2) is 8.42 Å². The molecule has 3 aliphatic rings. The van der Waals surface area contributed by atoms with E-state index in [0.29, 0.717) is 23.3 Å². The number of benzene rings is 1. The van der Waals surface area contributed by atoms with Crippen LogP contribution in [0.3, 0.4) is 0 Å². The molecule has 1 aromatic carbocycles. The van der Waals surface area contributed by atoms with Crippen molar-refractivity contribution in [3.05, 3.63) is 24.3 Å². The van der Waals surface area contributed by atoms with Crippen LogP contribution < -0.4 is 9.64 Å². The molecule has 2 saturated heterocycles. The number of amidine groups is 1. The number of sulfone groups is 1. The molecule has 0 radical (unpaired) electrons. The average Bonchev–Trinajstić information content (AvgIpc) is 3.13. The van der Waals surface area contributed by atoms with Crippen LogP contribution in [0.5, 0.6) is 5.75 Å². The van der Waals surface area contributed by atoms with Gasteiger partial charge in [0.2, 0.25) is 5.91 Å². The lowest BCUT2D eigenvalue weighted by atomic mass is 9.87. The van der Waals surface area contributed by atoms with Gasteiger partial charge in [-0.3, -0.25) is 4.79 Å². The van der Waals surface area contributed by atoms with Gasteiger partial charge in [0.25, 0.3) is 0 Å². The van der Waals surface area contributed by atoms with Crippen LogP contribution in [-0.2, 0) is 14.6 Å². The van der Waals surface area contributed by atoms with Crippen molar-refractivity contribution in [3.8, 4) is 5.75 Å². The van der Waals surface area contributed by atoms with Gasteiger partial charge in [-0.05, 0) is 30.9 Å². The van der Waals surface area contributed by atoms with Gasteiger partial charge in [0, 0.05) is 11.7 Å². The molecule has 0 unspecified atom stereocenters. The van der Waals surface area contributed by atoms with Crippen LogP contribution in [0.1, 0.15) is 38.5 Å². The molecule has 0 bridgehead atoms. The Hall–Kier alpha value is -1.54. The van der Waals surface area contributed by atoms with Crippen LogP contribution in [-0.4, -0.2) is 49.4 Å². The van der Waals surface area contributed by atoms with E-state index >= 15 is 0 Å². The highest BCUT2D eigenvalue weighted by Crippen LogP contribution is 2.43. The molecule has 1 aliphatic carbocycles. The second-order valence-corrected chi connectivity index (χ2v) is 11.2. The molecule has 0 spiro atoms. The normalized spacial score (nSPS) is 28.5. The second-order valence-electron chi connectivity index (χ2n) is 7.84. The molecule has 2 aliphatic heterocycles. The minimum Gasteiger partial charge on any atom is -0.495 e. The molecule has 1 aromatic rings. The number of carbonyl (C=O) groups is 1. The summed E-state index contributed by atoms with van der Waals surface area (Å²) in [6, 6.07) is 7.29. The van der Waals surface area contributed by atoms with Crippen molar-refractivity contribution < 1.29 is 17.9 Å². The number of fused-ring (bicyclic) bond motifs is 1. The Morgan fingerprint density at radius 2 is 1.96 bits per heavy atom. The molecule has 0 aromatic heterocycles. The van der Waals surface area contributed by atoms with E-state index in [9.17, 15) is 13.2 Å². The van der Waals surface area contributed by atoms with Crippen LogP contribution in [0.25, 0.3) is 0 Å². The summed E-state index contributed by atoms with van der Waals surface area (Å²) in [5.74, 6) is 1.19. The summed E-state index contributed by atoms with van der Waals surface area (Å²) in [6.45, 7) is 0. The highest BCUT2D eigenvalue weighted by Gasteiger charge is 2.50. The zero-order valence-electron chi connectivity index (χ0n) is 16.0.